The van der Waals surface area contributed by atoms with Gasteiger partial charge in [0.2, 0.25) is 0 Å². The molecule has 2 aromatic rings. The van der Waals surface area contributed by atoms with Crippen LogP contribution in [0.5, 0.6) is 0 Å². The van der Waals surface area contributed by atoms with Gasteiger partial charge in [-0.05, 0) is 22.9 Å². The van der Waals surface area contributed by atoms with Crippen LogP contribution in [-0.2, 0) is 0 Å². The van der Waals surface area contributed by atoms with E-state index in [0.29, 0.717) is 5.01 Å². The van der Waals surface area contributed by atoms with Gasteiger partial charge in [-0.1, -0.05) is 18.2 Å². The van der Waals surface area contributed by atoms with Gasteiger partial charge >= 0.3 is 0 Å². The molecule has 0 radical (unpaired) electrons. The van der Waals surface area contributed by atoms with E-state index < -0.39 is 10.8 Å². The molecule has 0 aliphatic carbocycles. The molecule has 1 aromatic carbocycles. The Kier molecular flexibility index (Phi) is 1.89. The summed E-state index contributed by atoms with van der Waals surface area (Å²) >= 11 is 0. The number of aromatic nitrogens is 1. The molecule has 0 saturated carbocycles. The van der Waals surface area contributed by atoms with Gasteiger partial charge in [-0.2, -0.15) is 0 Å². The van der Waals surface area contributed by atoms with Gasteiger partial charge in [-0.25, -0.2) is 4.98 Å². The molecule has 0 aliphatic rings. The molecule has 1 aromatic heterocycles. The molecule has 0 spiro atoms. The van der Waals surface area contributed by atoms with Crippen LogP contribution >= 0.6 is 10.8 Å². The standard InChI is InChI=1S/C9H7NOS/c11-12-7-6-10-9(12)8-4-2-1-3-5-8/h1-7H. The quantitative estimate of drug-likeness (QED) is 0.627. The Bertz CT molecular complexity index is 369. The molecule has 1 heterocycles. The van der Waals surface area contributed by atoms with Gasteiger partial charge in [0.15, 0.2) is 5.38 Å². The summed E-state index contributed by atoms with van der Waals surface area (Å²) in [4.78, 5) is 4.02. The molecule has 0 amide bonds. The van der Waals surface area contributed by atoms with Gasteiger partial charge in [0.1, 0.15) is 0 Å². The van der Waals surface area contributed by atoms with Crippen LogP contribution in [-0.4, -0.2) is 9.54 Å². The molecule has 0 bridgehead atoms. The predicted molar refractivity (Wildman–Crippen MR) is 48.3 cm³/mol. The minimum Gasteiger partial charge on any atom is -0.589 e. The summed E-state index contributed by atoms with van der Waals surface area (Å²) in [5.41, 5.74) is 0.931. The first-order chi connectivity index (χ1) is 5.88. The first-order valence-electron chi connectivity index (χ1n) is 3.58. The van der Waals surface area contributed by atoms with Crippen LogP contribution in [0, 0.1) is 0 Å². The monoisotopic (exact) mass is 177 g/mol. The lowest BCUT2D eigenvalue weighted by atomic mass is 10.2. The second-order valence-corrected chi connectivity index (χ2v) is 3.64. The van der Waals surface area contributed by atoms with E-state index in [-0.39, 0.29) is 0 Å². The van der Waals surface area contributed by atoms with Crippen molar-refractivity contribution in [1.29, 1.82) is 0 Å². The van der Waals surface area contributed by atoms with Crippen molar-refractivity contribution >= 4 is 10.8 Å². The summed E-state index contributed by atoms with van der Waals surface area (Å²) in [5.74, 6) is 0. The second-order valence-electron chi connectivity index (χ2n) is 2.38. The Morgan fingerprint density at radius 3 is 2.50 bits per heavy atom. The van der Waals surface area contributed by atoms with E-state index in [1.54, 1.807) is 11.6 Å². The first-order valence-corrected chi connectivity index (χ1v) is 4.80. The number of thiazole rings is 1. The Hall–Kier alpha value is -1.19. The minimum absolute atomic E-state index is 0.649. The van der Waals surface area contributed by atoms with Gasteiger partial charge in [0, 0.05) is 0 Å². The van der Waals surface area contributed by atoms with Crippen LogP contribution in [0.2, 0.25) is 0 Å². The largest absolute Gasteiger partial charge is 0.589 e. The predicted octanol–water partition coefficient (Wildman–Crippen LogP) is 2.48. The smallest absolute Gasteiger partial charge is 0.272 e. The fraction of sp³-hybridized carbons (Fsp3) is 0. The van der Waals surface area contributed by atoms with E-state index in [1.165, 1.54) is 0 Å². The zero-order valence-electron chi connectivity index (χ0n) is 6.31. The van der Waals surface area contributed by atoms with Crippen LogP contribution in [0.3, 0.4) is 0 Å². The number of benzene rings is 1. The third-order valence-corrected chi connectivity index (χ3v) is 2.68. The van der Waals surface area contributed by atoms with E-state index in [0.717, 1.165) is 5.56 Å². The van der Waals surface area contributed by atoms with Crippen molar-refractivity contribution in [3.05, 3.63) is 41.9 Å². The zero-order valence-corrected chi connectivity index (χ0v) is 7.12. The Labute approximate surface area is 73.3 Å². The van der Waals surface area contributed by atoms with E-state index in [2.05, 4.69) is 4.98 Å². The lowest BCUT2D eigenvalue weighted by Gasteiger charge is -1.93. The molecule has 0 N–H and O–H groups in total. The summed E-state index contributed by atoms with van der Waals surface area (Å²) in [6, 6.07) is 9.56. The Balaban J connectivity index is 2.51. The molecule has 3 heteroatoms. The molecule has 0 fully saturated rings. The highest BCUT2D eigenvalue weighted by Gasteiger charge is 2.08. The number of nitrogens with zero attached hydrogens (tertiary/aromatic N) is 1. The lowest BCUT2D eigenvalue weighted by Crippen LogP contribution is -1.74. The van der Waals surface area contributed by atoms with Gasteiger partial charge in [-0.15, -0.1) is 0 Å². The molecule has 1 atom stereocenters. The van der Waals surface area contributed by atoms with E-state index >= 15 is 0 Å². The van der Waals surface area contributed by atoms with E-state index in [1.807, 2.05) is 30.3 Å². The normalized spacial score (nSPS) is 11.6. The van der Waals surface area contributed by atoms with Crippen LogP contribution in [0.4, 0.5) is 0 Å². The summed E-state index contributed by atoms with van der Waals surface area (Å²) in [6.45, 7) is 0. The Morgan fingerprint density at radius 2 is 1.92 bits per heavy atom. The van der Waals surface area contributed by atoms with Gasteiger partial charge in [0.05, 0.1) is 11.8 Å². The minimum atomic E-state index is -1.04. The lowest BCUT2D eigenvalue weighted by molar-refractivity contribution is 0.598. The highest BCUT2D eigenvalue weighted by Crippen LogP contribution is 2.27. The molecule has 0 aliphatic heterocycles. The van der Waals surface area contributed by atoms with Crippen LogP contribution in [0.15, 0.2) is 41.9 Å². The average Bonchev–Trinajstić information content (AvgIpc) is 2.53. The summed E-state index contributed by atoms with van der Waals surface area (Å²) in [5, 5.41) is 2.23. The molecule has 2 rings (SSSR count). The van der Waals surface area contributed by atoms with Crippen molar-refractivity contribution < 1.29 is 4.55 Å². The highest BCUT2D eigenvalue weighted by molar-refractivity contribution is 7.26. The first kappa shape index (κ1) is 7.46. The SMILES string of the molecule is [O-][s+]1ccnc1-c1ccccc1. The molecule has 1 unspecified atom stereocenters. The van der Waals surface area contributed by atoms with Gasteiger partial charge in [0.25, 0.3) is 5.01 Å². The van der Waals surface area contributed by atoms with Crippen molar-refractivity contribution in [2.75, 3.05) is 0 Å². The fourth-order valence-corrected chi connectivity index (χ4v) is 1.87. The number of rotatable bonds is 1. The van der Waals surface area contributed by atoms with Crippen molar-refractivity contribution in [2.24, 2.45) is 0 Å². The van der Waals surface area contributed by atoms with Crippen molar-refractivity contribution in [3.8, 4) is 10.6 Å². The molecular weight excluding hydrogens is 170 g/mol. The summed E-state index contributed by atoms with van der Waals surface area (Å²) < 4.78 is 11.3. The topological polar surface area (TPSA) is 36.0 Å². The van der Waals surface area contributed by atoms with Gasteiger partial charge in [-0.3, -0.25) is 0 Å². The summed E-state index contributed by atoms with van der Waals surface area (Å²) in [6.07, 6.45) is 1.58. The average molecular weight is 177 g/mol. The molecule has 12 heavy (non-hydrogen) atoms. The summed E-state index contributed by atoms with van der Waals surface area (Å²) in [7, 11) is -1.04. The number of hydrogen-bond acceptors (Lipinski definition) is 2. The maximum Gasteiger partial charge on any atom is 0.272 e. The molecule has 2 nitrogen and oxygen atoms in total. The van der Waals surface area contributed by atoms with E-state index in [9.17, 15) is 4.55 Å². The van der Waals surface area contributed by atoms with Crippen molar-refractivity contribution in [3.63, 3.8) is 0 Å². The van der Waals surface area contributed by atoms with Crippen LogP contribution in [0.1, 0.15) is 0 Å². The third kappa shape index (κ3) is 1.24. The van der Waals surface area contributed by atoms with Gasteiger partial charge < -0.3 is 4.55 Å². The molecular formula is C9H7NOS. The molecule has 60 valence electrons. The maximum atomic E-state index is 11.3. The van der Waals surface area contributed by atoms with E-state index in [4.69, 9.17) is 0 Å². The maximum absolute atomic E-state index is 11.3. The molecule has 0 saturated heterocycles. The second kappa shape index (κ2) is 3.05. The zero-order chi connectivity index (χ0) is 8.39. The Morgan fingerprint density at radius 1 is 1.17 bits per heavy atom. The van der Waals surface area contributed by atoms with Crippen LogP contribution in [0.25, 0.3) is 10.6 Å². The van der Waals surface area contributed by atoms with Crippen LogP contribution < -0.4 is 0 Å². The number of hydrogen-bond donors (Lipinski definition) is 0. The van der Waals surface area contributed by atoms with Crippen molar-refractivity contribution in [1.82, 2.24) is 4.98 Å². The third-order valence-electron chi connectivity index (χ3n) is 1.59. The van der Waals surface area contributed by atoms with Crippen molar-refractivity contribution in [2.45, 2.75) is 0 Å². The highest BCUT2D eigenvalue weighted by atomic mass is 32.2. The fourth-order valence-electron chi connectivity index (χ4n) is 1.04.